The molecule has 4 nitrogen and oxygen atoms in total. The summed E-state index contributed by atoms with van der Waals surface area (Å²) in [5.41, 5.74) is 0. The molecule has 0 aliphatic carbocycles. The molecule has 1 saturated heterocycles. The molecule has 0 aromatic heterocycles. The van der Waals surface area contributed by atoms with E-state index in [1.54, 1.807) is 7.11 Å². The molecule has 4 heteroatoms. The van der Waals surface area contributed by atoms with Crippen molar-refractivity contribution >= 4 is 5.91 Å². The van der Waals surface area contributed by atoms with E-state index in [0.717, 1.165) is 25.8 Å². The number of aliphatic hydroxyl groups is 1. The number of amides is 1. The molecule has 2 atom stereocenters. The first kappa shape index (κ1) is 12.5. The molecule has 88 valence electrons. The Hall–Kier alpha value is -0.610. The predicted molar refractivity (Wildman–Crippen MR) is 57.5 cm³/mol. The molecule has 0 spiro atoms. The quantitative estimate of drug-likeness (QED) is 0.737. The van der Waals surface area contributed by atoms with Gasteiger partial charge in [-0.15, -0.1) is 0 Å². The van der Waals surface area contributed by atoms with E-state index in [4.69, 9.17) is 9.84 Å². The van der Waals surface area contributed by atoms with Crippen LogP contribution in [0.4, 0.5) is 0 Å². The van der Waals surface area contributed by atoms with Crippen molar-refractivity contribution in [3.63, 3.8) is 0 Å². The van der Waals surface area contributed by atoms with Gasteiger partial charge in [0.1, 0.15) is 0 Å². The number of rotatable bonds is 5. The van der Waals surface area contributed by atoms with Crippen LogP contribution in [0.25, 0.3) is 0 Å². The number of carbonyl (C=O) groups is 1. The second-order valence-corrected chi connectivity index (χ2v) is 4.15. The van der Waals surface area contributed by atoms with Gasteiger partial charge in [-0.25, -0.2) is 0 Å². The summed E-state index contributed by atoms with van der Waals surface area (Å²) < 4.78 is 5.10. The summed E-state index contributed by atoms with van der Waals surface area (Å²) in [6, 6.07) is 0.0513. The highest BCUT2D eigenvalue weighted by molar-refractivity contribution is 5.76. The first-order valence-corrected chi connectivity index (χ1v) is 5.62. The first-order valence-electron chi connectivity index (χ1n) is 5.62. The fraction of sp³-hybridized carbons (Fsp3) is 0.909. The lowest BCUT2D eigenvalue weighted by Crippen LogP contribution is -2.37. The summed E-state index contributed by atoms with van der Waals surface area (Å²) in [7, 11) is 1.65. The SMILES string of the molecule is COC(C)CCC(=O)N1CCC[C@@H]1CO. The topological polar surface area (TPSA) is 49.8 Å². The van der Waals surface area contributed by atoms with E-state index in [1.165, 1.54) is 0 Å². The molecule has 1 N–H and O–H groups in total. The highest BCUT2D eigenvalue weighted by Crippen LogP contribution is 2.18. The fourth-order valence-corrected chi connectivity index (χ4v) is 1.94. The molecule has 0 bridgehead atoms. The van der Waals surface area contributed by atoms with E-state index in [2.05, 4.69) is 0 Å². The van der Waals surface area contributed by atoms with Crippen LogP contribution in [0.1, 0.15) is 32.6 Å². The third-order valence-electron chi connectivity index (χ3n) is 3.08. The number of ether oxygens (including phenoxy) is 1. The monoisotopic (exact) mass is 215 g/mol. The summed E-state index contributed by atoms with van der Waals surface area (Å²) in [6.07, 6.45) is 3.35. The molecule has 0 saturated carbocycles. The van der Waals surface area contributed by atoms with Crippen LogP contribution < -0.4 is 0 Å². The Morgan fingerprint density at radius 1 is 1.67 bits per heavy atom. The molecule has 1 fully saturated rings. The molecule has 1 heterocycles. The predicted octanol–water partition coefficient (Wildman–Crippen LogP) is 0.785. The van der Waals surface area contributed by atoms with Crippen molar-refractivity contribution in [2.45, 2.75) is 44.8 Å². The van der Waals surface area contributed by atoms with Gasteiger partial charge >= 0.3 is 0 Å². The van der Waals surface area contributed by atoms with Gasteiger partial charge < -0.3 is 14.7 Å². The van der Waals surface area contributed by atoms with E-state index >= 15 is 0 Å². The standard InChI is InChI=1S/C11H21NO3/c1-9(15-2)5-6-11(14)12-7-3-4-10(12)8-13/h9-10,13H,3-8H2,1-2H3/t9?,10-/m1/s1. The lowest BCUT2D eigenvalue weighted by atomic mass is 10.2. The Kier molecular flexibility index (Phi) is 5.05. The minimum Gasteiger partial charge on any atom is -0.394 e. The zero-order valence-corrected chi connectivity index (χ0v) is 9.61. The third-order valence-corrected chi connectivity index (χ3v) is 3.08. The largest absolute Gasteiger partial charge is 0.394 e. The molecular weight excluding hydrogens is 194 g/mol. The summed E-state index contributed by atoms with van der Waals surface area (Å²) >= 11 is 0. The number of hydrogen-bond acceptors (Lipinski definition) is 3. The average molecular weight is 215 g/mol. The fourth-order valence-electron chi connectivity index (χ4n) is 1.94. The van der Waals surface area contributed by atoms with Crippen molar-refractivity contribution < 1.29 is 14.6 Å². The number of aliphatic hydroxyl groups excluding tert-OH is 1. The lowest BCUT2D eigenvalue weighted by molar-refractivity contribution is -0.133. The van der Waals surface area contributed by atoms with Gasteiger partial charge in [-0.1, -0.05) is 0 Å². The van der Waals surface area contributed by atoms with Gasteiger partial charge in [0.05, 0.1) is 18.8 Å². The van der Waals surface area contributed by atoms with Crippen LogP contribution in [0.5, 0.6) is 0 Å². The smallest absolute Gasteiger partial charge is 0.222 e. The van der Waals surface area contributed by atoms with Gasteiger partial charge in [0.15, 0.2) is 0 Å². The van der Waals surface area contributed by atoms with Crippen LogP contribution in [0.3, 0.4) is 0 Å². The van der Waals surface area contributed by atoms with Crippen molar-refractivity contribution in [2.24, 2.45) is 0 Å². The molecule has 15 heavy (non-hydrogen) atoms. The minimum absolute atomic E-state index is 0.0513. The van der Waals surface area contributed by atoms with Crippen molar-refractivity contribution in [3.05, 3.63) is 0 Å². The van der Waals surface area contributed by atoms with Crippen molar-refractivity contribution in [1.82, 2.24) is 4.90 Å². The molecule has 0 aromatic carbocycles. The van der Waals surface area contributed by atoms with E-state index < -0.39 is 0 Å². The molecule has 1 aliphatic heterocycles. The van der Waals surface area contributed by atoms with E-state index in [1.807, 2.05) is 11.8 Å². The van der Waals surface area contributed by atoms with Crippen LogP contribution in [0, 0.1) is 0 Å². The summed E-state index contributed by atoms with van der Waals surface area (Å²) in [5.74, 6) is 0.149. The van der Waals surface area contributed by atoms with Gasteiger partial charge in [0.2, 0.25) is 5.91 Å². The molecule has 1 aliphatic rings. The minimum atomic E-state index is 0.0513. The lowest BCUT2D eigenvalue weighted by Gasteiger charge is -2.23. The molecule has 0 aromatic rings. The molecule has 1 amide bonds. The highest BCUT2D eigenvalue weighted by Gasteiger charge is 2.27. The van der Waals surface area contributed by atoms with E-state index in [0.29, 0.717) is 6.42 Å². The highest BCUT2D eigenvalue weighted by atomic mass is 16.5. The second-order valence-electron chi connectivity index (χ2n) is 4.15. The molecular formula is C11H21NO3. The Balaban J connectivity index is 2.33. The van der Waals surface area contributed by atoms with Gasteiger partial charge in [-0.2, -0.15) is 0 Å². The molecule has 1 unspecified atom stereocenters. The molecule has 1 rings (SSSR count). The van der Waals surface area contributed by atoms with Gasteiger partial charge in [0, 0.05) is 20.1 Å². The van der Waals surface area contributed by atoms with Crippen LogP contribution in [-0.2, 0) is 9.53 Å². The number of nitrogens with zero attached hydrogens (tertiary/aromatic N) is 1. The Labute approximate surface area is 91.2 Å². The second kappa shape index (κ2) is 6.08. The average Bonchev–Trinajstić information content (AvgIpc) is 2.73. The van der Waals surface area contributed by atoms with E-state index in [-0.39, 0.29) is 24.7 Å². The maximum Gasteiger partial charge on any atom is 0.222 e. The summed E-state index contributed by atoms with van der Waals surface area (Å²) in [6.45, 7) is 2.85. The maximum absolute atomic E-state index is 11.8. The number of carbonyl (C=O) groups excluding carboxylic acids is 1. The number of likely N-dealkylation sites (tertiary alicyclic amines) is 1. The normalized spacial score (nSPS) is 23.1. The molecule has 0 radical (unpaired) electrons. The summed E-state index contributed by atoms with van der Waals surface area (Å²) in [4.78, 5) is 13.6. The summed E-state index contributed by atoms with van der Waals surface area (Å²) in [5, 5.41) is 9.09. The zero-order chi connectivity index (χ0) is 11.3. The number of methoxy groups -OCH3 is 1. The maximum atomic E-state index is 11.8. The van der Waals surface area contributed by atoms with Crippen molar-refractivity contribution in [2.75, 3.05) is 20.3 Å². The van der Waals surface area contributed by atoms with Crippen LogP contribution in [-0.4, -0.2) is 48.3 Å². The van der Waals surface area contributed by atoms with E-state index in [9.17, 15) is 4.79 Å². The van der Waals surface area contributed by atoms with Crippen LogP contribution in [0.2, 0.25) is 0 Å². The third kappa shape index (κ3) is 3.47. The number of hydrogen-bond donors (Lipinski definition) is 1. The zero-order valence-electron chi connectivity index (χ0n) is 9.61. The van der Waals surface area contributed by atoms with Crippen molar-refractivity contribution in [1.29, 1.82) is 0 Å². The Morgan fingerprint density at radius 2 is 2.40 bits per heavy atom. The van der Waals surface area contributed by atoms with Crippen LogP contribution >= 0.6 is 0 Å². The van der Waals surface area contributed by atoms with Gasteiger partial charge in [-0.3, -0.25) is 4.79 Å². The van der Waals surface area contributed by atoms with Gasteiger partial charge in [0.25, 0.3) is 0 Å². The van der Waals surface area contributed by atoms with Crippen LogP contribution in [0.15, 0.2) is 0 Å². The Bertz CT molecular complexity index is 208. The first-order chi connectivity index (χ1) is 7.19. The Morgan fingerprint density at radius 3 is 3.00 bits per heavy atom. The van der Waals surface area contributed by atoms with Gasteiger partial charge in [-0.05, 0) is 26.2 Å². The van der Waals surface area contributed by atoms with Crippen molar-refractivity contribution in [3.8, 4) is 0 Å².